The number of aryl methyl sites for hydroxylation is 1. The molecule has 0 aliphatic heterocycles. The number of amides is 1. The summed E-state index contributed by atoms with van der Waals surface area (Å²) in [4.78, 5) is 24.2. The van der Waals surface area contributed by atoms with E-state index < -0.39 is 28.4 Å². The second-order valence-corrected chi connectivity index (χ2v) is 8.39. The molecule has 0 saturated carbocycles. The second-order valence-electron chi connectivity index (χ2n) is 6.07. The van der Waals surface area contributed by atoms with Crippen LogP contribution >= 0.6 is 11.6 Å². The molecule has 2 rings (SSSR count). The van der Waals surface area contributed by atoms with E-state index in [1.807, 2.05) is 13.0 Å². The van der Waals surface area contributed by atoms with Crippen LogP contribution in [0.1, 0.15) is 22.8 Å². The topological polar surface area (TPSA) is 92.8 Å². The molecule has 0 aliphatic carbocycles. The number of hydrogen-bond donors (Lipinski definition) is 1. The molecule has 0 bridgehead atoms. The van der Waals surface area contributed by atoms with Crippen LogP contribution in [0.3, 0.4) is 0 Å². The fraction of sp³-hybridized carbons (Fsp3) is 0.263. The summed E-state index contributed by atoms with van der Waals surface area (Å²) in [6.45, 7) is 3.33. The van der Waals surface area contributed by atoms with Crippen molar-refractivity contribution in [3.05, 3.63) is 58.6 Å². The molecular formula is C19H21ClN2O5S. The number of sulfonamides is 1. The zero-order valence-corrected chi connectivity index (χ0v) is 17.3. The first kappa shape index (κ1) is 21.7. The largest absolute Gasteiger partial charge is 0.462 e. The van der Waals surface area contributed by atoms with Gasteiger partial charge in [0.1, 0.15) is 6.54 Å². The van der Waals surface area contributed by atoms with Crippen LogP contribution in [-0.4, -0.2) is 39.7 Å². The number of carbonyl (C=O) groups is 2. The maximum Gasteiger partial charge on any atom is 0.338 e. The molecule has 0 radical (unpaired) electrons. The maximum absolute atomic E-state index is 12.4. The van der Waals surface area contributed by atoms with Gasteiger partial charge in [0.2, 0.25) is 15.9 Å². The van der Waals surface area contributed by atoms with Gasteiger partial charge in [0.15, 0.2) is 0 Å². The Hall–Kier alpha value is -2.58. The average Bonchev–Trinajstić information content (AvgIpc) is 2.60. The minimum absolute atomic E-state index is 0.139. The zero-order chi connectivity index (χ0) is 20.9. The summed E-state index contributed by atoms with van der Waals surface area (Å²) in [5, 5.41) is 2.71. The zero-order valence-electron chi connectivity index (χ0n) is 15.7. The van der Waals surface area contributed by atoms with E-state index in [2.05, 4.69) is 5.32 Å². The van der Waals surface area contributed by atoms with Crippen molar-refractivity contribution in [1.29, 1.82) is 0 Å². The SMILES string of the molecule is CCOC(=O)c1ccc(NC(=O)CN(c2cccc(C)c2)S(C)(=O)=O)c(Cl)c1. The Balaban J connectivity index is 2.18. The van der Waals surface area contributed by atoms with Crippen LogP contribution in [0, 0.1) is 6.92 Å². The predicted octanol–water partition coefficient (Wildman–Crippen LogP) is 3.23. The first-order chi connectivity index (χ1) is 13.1. The molecule has 1 amide bonds. The summed E-state index contributed by atoms with van der Waals surface area (Å²) < 4.78 is 30.2. The van der Waals surface area contributed by atoms with E-state index >= 15 is 0 Å². The van der Waals surface area contributed by atoms with Gasteiger partial charge in [0.05, 0.1) is 34.8 Å². The molecule has 28 heavy (non-hydrogen) atoms. The number of ether oxygens (including phenoxy) is 1. The van der Waals surface area contributed by atoms with Gasteiger partial charge in [-0.2, -0.15) is 0 Å². The van der Waals surface area contributed by atoms with Crippen LogP contribution in [0.15, 0.2) is 42.5 Å². The summed E-state index contributed by atoms with van der Waals surface area (Å²) in [6, 6.07) is 11.1. The molecule has 1 N–H and O–H groups in total. The van der Waals surface area contributed by atoms with Crippen molar-refractivity contribution in [2.75, 3.05) is 29.0 Å². The third-order valence-electron chi connectivity index (χ3n) is 3.73. The lowest BCUT2D eigenvalue weighted by Gasteiger charge is -2.22. The second kappa shape index (κ2) is 9.07. The van der Waals surface area contributed by atoms with Crippen LogP contribution in [0.25, 0.3) is 0 Å². The first-order valence-electron chi connectivity index (χ1n) is 8.42. The van der Waals surface area contributed by atoms with Crippen LogP contribution in [0.5, 0.6) is 0 Å². The Morgan fingerprint density at radius 2 is 1.89 bits per heavy atom. The minimum Gasteiger partial charge on any atom is -0.462 e. The van der Waals surface area contributed by atoms with Gasteiger partial charge < -0.3 is 10.1 Å². The van der Waals surface area contributed by atoms with E-state index in [4.69, 9.17) is 16.3 Å². The lowest BCUT2D eigenvalue weighted by Crippen LogP contribution is -2.37. The highest BCUT2D eigenvalue weighted by Gasteiger charge is 2.21. The normalized spacial score (nSPS) is 11.0. The minimum atomic E-state index is -3.68. The van der Waals surface area contributed by atoms with Crippen molar-refractivity contribution >= 4 is 44.9 Å². The first-order valence-corrected chi connectivity index (χ1v) is 10.7. The molecule has 150 valence electrons. The third-order valence-corrected chi connectivity index (χ3v) is 5.18. The highest BCUT2D eigenvalue weighted by Crippen LogP contribution is 2.24. The van der Waals surface area contributed by atoms with Crippen molar-refractivity contribution in [2.45, 2.75) is 13.8 Å². The molecule has 0 fully saturated rings. The van der Waals surface area contributed by atoms with Crippen LogP contribution < -0.4 is 9.62 Å². The Kier molecular flexibility index (Phi) is 7.04. The Morgan fingerprint density at radius 3 is 2.46 bits per heavy atom. The fourth-order valence-electron chi connectivity index (χ4n) is 2.46. The highest BCUT2D eigenvalue weighted by molar-refractivity contribution is 7.92. The lowest BCUT2D eigenvalue weighted by molar-refractivity contribution is -0.114. The maximum atomic E-state index is 12.4. The standard InChI is InChI=1S/C19H21ClN2O5S/c1-4-27-19(24)14-8-9-17(16(20)11-14)21-18(23)12-22(28(3,25)26)15-7-5-6-13(2)10-15/h5-11H,4,12H2,1-3H3,(H,21,23). The number of esters is 1. The van der Waals surface area contributed by atoms with E-state index in [0.717, 1.165) is 16.1 Å². The smallest absolute Gasteiger partial charge is 0.338 e. The molecule has 0 aromatic heterocycles. The number of anilines is 2. The summed E-state index contributed by atoms with van der Waals surface area (Å²) >= 11 is 6.13. The van der Waals surface area contributed by atoms with E-state index in [-0.39, 0.29) is 22.9 Å². The van der Waals surface area contributed by atoms with E-state index in [0.29, 0.717) is 5.69 Å². The number of nitrogens with zero attached hydrogens (tertiary/aromatic N) is 1. The lowest BCUT2D eigenvalue weighted by atomic mass is 10.2. The van der Waals surface area contributed by atoms with E-state index in [1.165, 1.54) is 18.2 Å². The average molecular weight is 425 g/mol. The predicted molar refractivity (Wildman–Crippen MR) is 109 cm³/mol. The molecule has 2 aromatic rings. The Morgan fingerprint density at radius 1 is 1.18 bits per heavy atom. The summed E-state index contributed by atoms with van der Waals surface area (Å²) in [7, 11) is -3.68. The number of nitrogens with one attached hydrogen (secondary N) is 1. The molecule has 2 aromatic carbocycles. The molecule has 0 spiro atoms. The van der Waals surface area contributed by atoms with Crippen molar-refractivity contribution in [3.63, 3.8) is 0 Å². The third kappa shape index (κ3) is 5.71. The fourth-order valence-corrected chi connectivity index (χ4v) is 3.54. The van der Waals surface area contributed by atoms with Gasteiger partial charge in [-0.1, -0.05) is 23.7 Å². The molecular weight excluding hydrogens is 404 g/mol. The van der Waals surface area contributed by atoms with E-state index in [1.54, 1.807) is 25.1 Å². The number of benzene rings is 2. The van der Waals surface area contributed by atoms with Gasteiger partial charge in [-0.3, -0.25) is 9.10 Å². The number of rotatable bonds is 7. The Bertz CT molecular complexity index is 992. The van der Waals surface area contributed by atoms with Gasteiger partial charge >= 0.3 is 5.97 Å². The van der Waals surface area contributed by atoms with Crippen LogP contribution in [0.4, 0.5) is 11.4 Å². The molecule has 0 aliphatic rings. The molecule has 0 saturated heterocycles. The van der Waals surface area contributed by atoms with Gasteiger partial charge in [-0.05, 0) is 49.7 Å². The monoisotopic (exact) mass is 424 g/mol. The summed E-state index contributed by atoms with van der Waals surface area (Å²) in [6.07, 6.45) is 1.03. The van der Waals surface area contributed by atoms with Gasteiger partial charge in [0.25, 0.3) is 0 Å². The summed E-state index contributed by atoms with van der Waals surface area (Å²) in [5.41, 5.74) is 1.77. The van der Waals surface area contributed by atoms with Gasteiger partial charge in [0, 0.05) is 0 Å². The summed E-state index contributed by atoms with van der Waals surface area (Å²) in [5.74, 6) is -1.09. The van der Waals surface area contributed by atoms with Crippen LogP contribution in [0.2, 0.25) is 5.02 Å². The number of hydrogen-bond acceptors (Lipinski definition) is 5. The van der Waals surface area contributed by atoms with Crippen molar-refractivity contribution in [3.8, 4) is 0 Å². The quantitative estimate of drug-likeness (QED) is 0.689. The number of carbonyl (C=O) groups excluding carboxylic acids is 2. The highest BCUT2D eigenvalue weighted by atomic mass is 35.5. The molecule has 9 heteroatoms. The Labute approximate surface area is 169 Å². The van der Waals surface area contributed by atoms with E-state index in [9.17, 15) is 18.0 Å². The molecule has 0 atom stereocenters. The van der Waals surface area contributed by atoms with Crippen LogP contribution in [-0.2, 0) is 19.6 Å². The molecule has 7 nitrogen and oxygen atoms in total. The molecule has 0 heterocycles. The molecule has 0 unspecified atom stereocenters. The number of halogens is 1. The van der Waals surface area contributed by atoms with Gasteiger partial charge in [-0.15, -0.1) is 0 Å². The van der Waals surface area contributed by atoms with Crippen molar-refractivity contribution < 1.29 is 22.7 Å². The van der Waals surface area contributed by atoms with Gasteiger partial charge in [-0.25, -0.2) is 13.2 Å². The van der Waals surface area contributed by atoms with Crippen molar-refractivity contribution in [1.82, 2.24) is 0 Å². The van der Waals surface area contributed by atoms with Crippen molar-refractivity contribution in [2.24, 2.45) is 0 Å².